The van der Waals surface area contributed by atoms with Gasteiger partial charge in [-0.2, -0.15) is 35.0 Å². The molecule has 4 aromatic rings. The van der Waals surface area contributed by atoms with E-state index in [9.17, 15) is 0 Å². The average molecular weight is 442 g/mol. The molecule has 0 saturated heterocycles. The van der Waals surface area contributed by atoms with Crippen LogP contribution in [0.15, 0.2) is 84.9 Å². The van der Waals surface area contributed by atoms with Gasteiger partial charge in [0, 0.05) is 13.2 Å². The maximum Gasteiger partial charge on any atom is -0.0809 e. The maximum atomic E-state index is 7.57. The summed E-state index contributed by atoms with van der Waals surface area (Å²) in [5.74, 6) is 0. The van der Waals surface area contributed by atoms with Crippen molar-refractivity contribution in [3.8, 4) is 0 Å². The van der Waals surface area contributed by atoms with Crippen LogP contribution in [0.2, 0.25) is 0 Å². The Bertz CT molecular complexity index is 702. The van der Waals surface area contributed by atoms with Gasteiger partial charge in [0.25, 0.3) is 0 Å². The number of benzene rings is 2. The van der Waals surface area contributed by atoms with Crippen LogP contribution in [0.25, 0.3) is 21.5 Å². The summed E-state index contributed by atoms with van der Waals surface area (Å²) >= 11 is 1.51. The molecule has 0 aliphatic carbocycles. The van der Waals surface area contributed by atoms with E-state index < -0.39 is 0 Å². The molecular formula is C24H30O2Zr. The van der Waals surface area contributed by atoms with E-state index in [1.54, 1.807) is 13.8 Å². The van der Waals surface area contributed by atoms with E-state index in [2.05, 4.69) is 88.6 Å². The summed E-state index contributed by atoms with van der Waals surface area (Å²) in [6.07, 6.45) is 0. The van der Waals surface area contributed by atoms with Gasteiger partial charge < -0.3 is 10.2 Å². The Morgan fingerprint density at radius 3 is 1.33 bits per heavy atom. The minimum atomic E-state index is 0.250. The Balaban J connectivity index is 0.000000354. The van der Waals surface area contributed by atoms with Crippen LogP contribution in [0.1, 0.15) is 20.8 Å². The van der Waals surface area contributed by atoms with Crippen molar-refractivity contribution in [2.75, 3.05) is 13.2 Å². The van der Waals surface area contributed by atoms with Crippen LogP contribution >= 0.6 is 0 Å². The maximum absolute atomic E-state index is 7.57. The Hall–Kier alpha value is -1.67. The fourth-order valence-electron chi connectivity index (χ4n) is 2.14. The van der Waals surface area contributed by atoms with E-state index >= 15 is 0 Å². The minimum Gasteiger partial charge on any atom is -0.168 e. The molecule has 0 atom stereocenters. The molecule has 4 aromatic carbocycles. The van der Waals surface area contributed by atoms with Crippen molar-refractivity contribution in [1.29, 1.82) is 0 Å². The summed E-state index contributed by atoms with van der Waals surface area (Å²) in [6, 6.07) is 29.3. The zero-order valence-corrected chi connectivity index (χ0v) is 18.9. The molecule has 0 fully saturated rings. The number of rotatable bonds is 0. The topological polar surface area (TPSA) is 40.5 Å². The second-order valence-corrected chi connectivity index (χ2v) is 6.65. The number of hydrogen-bond donors (Lipinski definition) is 2. The molecule has 4 rings (SSSR count). The van der Waals surface area contributed by atoms with Crippen LogP contribution < -0.4 is 0 Å². The Morgan fingerprint density at radius 1 is 0.741 bits per heavy atom. The minimum absolute atomic E-state index is 0.250. The standard InChI is InChI=1S/2C9H7.2C2H6O.C2H4.Zr/c2*1-2-5-9-7-3-6-8(9)4-1;2*1-2-3;1-2;/h2*1-7H;2*3H,2H2,1H3;1H,2H3;/q2*-1;;;;+2. The first-order valence-corrected chi connectivity index (χ1v) is 10.5. The van der Waals surface area contributed by atoms with Gasteiger partial charge in [-0.15, -0.1) is 59.3 Å². The Labute approximate surface area is 178 Å². The molecule has 27 heavy (non-hydrogen) atoms. The Morgan fingerprint density at radius 2 is 1.04 bits per heavy atom. The van der Waals surface area contributed by atoms with Crippen LogP contribution in [0, 0.1) is 0 Å². The molecule has 0 amide bonds. The summed E-state index contributed by atoms with van der Waals surface area (Å²) in [7, 11) is 0. The fraction of sp³-hybridized carbons (Fsp3) is 0.208. The van der Waals surface area contributed by atoms with Crippen LogP contribution in [-0.4, -0.2) is 27.1 Å². The molecule has 0 unspecified atom stereocenters. The summed E-state index contributed by atoms with van der Waals surface area (Å²) in [5.41, 5.74) is 0. The summed E-state index contributed by atoms with van der Waals surface area (Å²) in [5, 5.41) is 20.5. The molecule has 3 heteroatoms. The predicted octanol–water partition coefficient (Wildman–Crippen LogP) is 5.47. The van der Waals surface area contributed by atoms with Gasteiger partial charge >= 0.3 is 34.9 Å². The molecule has 0 spiro atoms. The molecule has 2 N–H and O–H groups in total. The third kappa shape index (κ3) is 11.6. The summed E-state index contributed by atoms with van der Waals surface area (Å²) in [4.78, 5) is 0. The van der Waals surface area contributed by atoms with Gasteiger partial charge in [-0.25, -0.2) is 0 Å². The molecule has 142 valence electrons. The number of hydrogen-bond acceptors (Lipinski definition) is 2. The van der Waals surface area contributed by atoms with E-state index in [0.717, 1.165) is 0 Å². The first-order chi connectivity index (χ1) is 13.2. The monoisotopic (exact) mass is 440 g/mol. The smallest absolute Gasteiger partial charge is 0.0809 e. The van der Waals surface area contributed by atoms with Gasteiger partial charge in [0.15, 0.2) is 0 Å². The zero-order chi connectivity index (χ0) is 20.3. The number of aliphatic hydroxyl groups is 2. The van der Waals surface area contributed by atoms with Gasteiger partial charge in [-0.3, -0.25) is 0 Å². The second kappa shape index (κ2) is 17.7. The largest absolute Gasteiger partial charge is 0.168 e. The molecule has 0 bridgehead atoms. The van der Waals surface area contributed by atoms with Crippen molar-refractivity contribution < 1.29 is 34.4 Å². The first-order valence-electron chi connectivity index (χ1n) is 9.06. The van der Waals surface area contributed by atoms with Crippen LogP contribution in [0.5, 0.6) is 0 Å². The van der Waals surface area contributed by atoms with Crippen LogP contribution in [0.4, 0.5) is 0 Å². The van der Waals surface area contributed by atoms with E-state index in [-0.39, 0.29) is 13.2 Å². The van der Waals surface area contributed by atoms with E-state index in [1.807, 2.05) is 6.92 Å². The van der Waals surface area contributed by atoms with Gasteiger partial charge in [0.05, 0.1) is 0 Å². The number of fused-ring (bicyclic) bond motifs is 2. The normalized spacial score (nSPS) is 8.70. The molecule has 0 radical (unpaired) electrons. The molecule has 2 nitrogen and oxygen atoms in total. The van der Waals surface area contributed by atoms with Crippen molar-refractivity contribution >= 4 is 25.3 Å². The summed E-state index contributed by atoms with van der Waals surface area (Å²) < 4.78 is 2.09. The molecular weight excluding hydrogens is 411 g/mol. The van der Waals surface area contributed by atoms with Crippen LogP contribution in [-0.2, 0) is 24.2 Å². The third-order valence-corrected chi connectivity index (χ3v) is 3.10. The third-order valence-electron chi connectivity index (χ3n) is 3.10. The summed E-state index contributed by atoms with van der Waals surface area (Å²) in [6.45, 7) is 5.90. The fourth-order valence-corrected chi connectivity index (χ4v) is 2.14. The van der Waals surface area contributed by atoms with E-state index in [0.29, 0.717) is 0 Å². The van der Waals surface area contributed by atoms with E-state index in [1.165, 1.54) is 45.8 Å². The average Bonchev–Trinajstić information content (AvgIpc) is 3.33. The number of aliphatic hydroxyl groups excluding tert-OH is 2. The van der Waals surface area contributed by atoms with Crippen molar-refractivity contribution in [3.63, 3.8) is 0 Å². The molecule has 0 aromatic heterocycles. The van der Waals surface area contributed by atoms with E-state index in [4.69, 9.17) is 10.2 Å². The molecule has 0 saturated carbocycles. The van der Waals surface area contributed by atoms with Crippen molar-refractivity contribution in [3.05, 3.63) is 84.9 Å². The van der Waals surface area contributed by atoms with Gasteiger partial charge in [-0.05, 0) is 13.8 Å². The van der Waals surface area contributed by atoms with Crippen LogP contribution in [0.3, 0.4) is 0 Å². The van der Waals surface area contributed by atoms with Gasteiger partial charge in [-0.1, -0.05) is 12.1 Å². The zero-order valence-electron chi connectivity index (χ0n) is 16.5. The van der Waals surface area contributed by atoms with Crippen molar-refractivity contribution in [2.45, 2.75) is 20.8 Å². The second-order valence-electron chi connectivity index (χ2n) is 5.23. The first kappa shape index (κ1) is 25.3. The Kier molecular flexibility index (Phi) is 16.6. The molecule has 0 aliphatic heterocycles. The molecule has 0 heterocycles. The quantitative estimate of drug-likeness (QED) is 0.355. The van der Waals surface area contributed by atoms with Gasteiger partial charge in [0.1, 0.15) is 0 Å². The van der Waals surface area contributed by atoms with Gasteiger partial charge in [0.2, 0.25) is 0 Å². The van der Waals surface area contributed by atoms with Crippen molar-refractivity contribution in [1.82, 2.24) is 0 Å². The predicted molar refractivity (Wildman–Crippen MR) is 116 cm³/mol. The molecule has 0 aliphatic rings. The van der Waals surface area contributed by atoms with Crippen molar-refractivity contribution in [2.24, 2.45) is 0 Å². The SMILES string of the molecule is CCO.CCO.C[CH]=[Zr+2].c1ccc2[cH-]ccc2c1.c1ccc2[cH-]ccc2c1.